The van der Waals surface area contributed by atoms with E-state index in [1.165, 1.54) is 11.0 Å². The van der Waals surface area contributed by atoms with Gasteiger partial charge in [-0.2, -0.15) is 5.10 Å². The van der Waals surface area contributed by atoms with E-state index in [1.54, 1.807) is 27.4 Å². The van der Waals surface area contributed by atoms with Gasteiger partial charge >= 0.3 is 0 Å². The Morgan fingerprint density at radius 1 is 1.08 bits per heavy atom. The molecule has 0 radical (unpaired) electrons. The number of hydrogen-bond acceptors (Lipinski definition) is 2. The third-order valence-electron chi connectivity index (χ3n) is 4.30. The number of rotatable bonds is 3. The molecule has 0 bridgehead atoms. The van der Waals surface area contributed by atoms with E-state index in [2.05, 4.69) is 5.10 Å². The fourth-order valence-corrected chi connectivity index (χ4v) is 3.49. The van der Waals surface area contributed by atoms with Gasteiger partial charge in [-0.05, 0) is 23.3 Å². The van der Waals surface area contributed by atoms with E-state index < -0.39 is 23.4 Å². The van der Waals surface area contributed by atoms with Crippen LogP contribution in [-0.4, -0.2) is 18.8 Å². The summed E-state index contributed by atoms with van der Waals surface area (Å²) in [6, 6.07) is 6.51. The van der Waals surface area contributed by atoms with Gasteiger partial charge in [0.15, 0.2) is 0 Å². The average Bonchev–Trinajstić information content (AvgIpc) is 3.13. The number of halogens is 4. The highest BCUT2D eigenvalue weighted by Gasteiger charge is 2.31. The zero-order valence-corrected chi connectivity index (χ0v) is 15.4. The summed E-state index contributed by atoms with van der Waals surface area (Å²) in [6.07, 6.45) is 3.38. The fourth-order valence-electron chi connectivity index (χ4n) is 3.06. The molecule has 0 N–H and O–H groups in total. The smallest absolute Gasteiger partial charge is 0.257 e. The molecule has 2 aromatic carbocycles. The molecule has 4 nitrogen and oxygen atoms in total. The molecule has 0 saturated carbocycles. The quantitative estimate of drug-likeness (QED) is 0.537. The predicted octanol–water partition coefficient (Wildman–Crippen LogP) is 4.32. The highest BCUT2D eigenvalue weighted by molar-refractivity contribution is 14.1. The van der Waals surface area contributed by atoms with Crippen LogP contribution in [0.4, 0.5) is 13.2 Å². The van der Waals surface area contributed by atoms with Crippen molar-refractivity contribution in [1.29, 1.82) is 0 Å². The second-order valence-electron chi connectivity index (χ2n) is 6.01. The Hall–Kier alpha value is -2.36. The van der Waals surface area contributed by atoms with Crippen LogP contribution < -0.4 is 0 Å². The minimum absolute atomic E-state index is 0.0216. The number of hydrogen-bond donors (Lipinski definition) is 0. The summed E-state index contributed by atoms with van der Waals surface area (Å²) in [6.45, 7) is 0.0257. The maximum Gasteiger partial charge on any atom is 0.257 e. The van der Waals surface area contributed by atoms with Crippen molar-refractivity contribution >= 4 is 28.8 Å². The van der Waals surface area contributed by atoms with Crippen molar-refractivity contribution in [3.63, 3.8) is 0 Å². The monoisotopic (exact) mass is 469 g/mol. The second kappa shape index (κ2) is 6.42. The molecule has 26 heavy (non-hydrogen) atoms. The van der Waals surface area contributed by atoms with E-state index in [9.17, 15) is 18.0 Å². The Kier molecular flexibility index (Phi) is 4.22. The van der Waals surface area contributed by atoms with Gasteiger partial charge in [0.25, 0.3) is 5.91 Å². The van der Waals surface area contributed by atoms with Crippen LogP contribution >= 0.6 is 22.9 Å². The Morgan fingerprint density at radius 2 is 1.88 bits per heavy atom. The van der Waals surface area contributed by atoms with Crippen molar-refractivity contribution in [3.05, 3.63) is 76.9 Å². The first-order chi connectivity index (χ1) is 12.4. The van der Waals surface area contributed by atoms with Crippen LogP contribution in [-0.2, 0) is 13.1 Å². The molecule has 2 heterocycles. The van der Waals surface area contributed by atoms with Crippen LogP contribution in [0.25, 0.3) is 11.1 Å². The lowest BCUT2D eigenvalue weighted by Crippen LogP contribution is -2.24. The zero-order chi connectivity index (χ0) is 18.4. The summed E-state index contributed by atoms with van der Waals surface area (Å²) in [5, 5.41) is 4.04. The number of benzene rings is 2. The Balaban J connectivity index is 1.59. The van der Waals surface area contributed by atoms with Crippen LogP contribution in [0.2, 0.25) is 0 Å². The lowest BCUT2D eigenvalue weighted by molar-refractivity contribution is 0.0762. The maximum atomic E-state index is 14.5. The van der Waals surface area contributed by atoms with E-state index in [4.69, 9.17) is 0 Å². The SMILES string of the molecule is O=C1c2c(F)cc(F)cc2CN1Cc1ccc(-c2cnn(I)c2)cc1F. The van der Waals surface area contributed by atoms with Crippen molar-refractivity contribution < 1.29 is 18.0 Å². The summed E-state index contributed by atoms with van der Waals surface area (Å²) in [4.78, 5) is 13.7. The molecule has 1 aromatic heterocycles. The van der Waals surface area contributed by atoms with Gasteiger partial charge in [0.2, 0.25) is 0 Å². The zero-order valence-electron chi connectivity index (χ0n) is 13.2. The van der Waals surface area contributed by atoms with Crippen LogP contribution in [0.5, 0.6) is 0 Å². The highest BCUT2D eigenvalue weighted by Crippen LogP contribution is 2.29. The molecule has 8 heteroatoms. The summed E-state index contributed by atoms with van der Waals surface area (Å²) in [5.74, 6) is -2.66. The fraction of sp³-hybridized carbons (Fsp3) is 0.111. The summed E-state index contributed by atoms with van der Waals surface area (Å²) < 4.78 is 43.3. The van der Waals surface area contributed by atoms with Gasteiger partial charge in [-0.15, -0.1) is 0 Å². The molecule has 0 spiro atoms. The van der Waals surface area contributed by atoms with Crippen molar-refractivity contribution in [2.75, 3.05) is 0 Å². The Morgan fingerprint density at radius 3 is 2.58 bits per heavy atom. The van der Waals surface area contributed by atoms with E-state index in [1.807, 2.05) is 22.9 Å². The number of fused-ring (bicyclic) bond motifs is 1. The molecule has 0 fully saturated rings. The standard InChI is InChI=1S/C18H11F3IN3O/c19-14-3-12-8-24(18(26)17(12)16(21)5-14)7-11-2-1-10(4-15(11)20)13-6-23-25(22)9-13/h1-6,9H,7-8H2. The lowest BCUT2D eigenvalue weighted by atomic mass is 10.1. The number of carbonyl (C=O) groups excluding carboxylic acids is 1. The van der Waals surface area contributed by atoms with E-state index in [-0.39, 0.29) is 24.2 Å². The van der Waals surface area contributed by atoms with Gasteiger partial charge in [0.1, 0.15) is 17.5 Å². The minimum Gasteiger partial charge on any atom is -0.330 e. The molecular formula is C18H11F3IN3O. The summed E-state index contributed by atoms with van der Waals surface area (Å²) in [7, 11) is 0. The highest BCUT2D eigenvalue weighted by atomic mass is 127. The normalized spacial score (nSPS) is 13.4. The molecule has 4 rings (SSSR count). The average molecular weight is 469 g/mol. The predicted molar refractivity (Wildman–Crippen MR) is 97.0 cm³/mol. The van der Waals surface area contributed by atoms with Crippen LogP contribution in [0.3, 0.4) is 0 Å². The molecule has 0 saturated heterocycles. The number of amides is 1. The van der Waals surface area contributed by atoms with Gasteiger partial charge < -0.3 is 4.90 Å². The maximum absolute atomic E-state index is 14.5. The number of nitrogens with zero attached hydrogens (tertiary/aromatic N) is 3. The molecule has 0 unspecified atom stereocenters. The molecule has 3 aromatic rings. The van der Waals surface area contributed by atoms with Gasteiger partial charge in [0, 0.05) is 36.5 Å². The third kappa shape index (κ3) is 2.98. The number of aromatic nitrogens is 2. The van der Waals surface area contributed by atoms with E-state index in [0.717, 1.165) is 11.6 Å². The van der Waals surface area contributed by atoms with E-state index >= 15 is 0 Å². The summed E-state index contributed by atoms with van der Waals surface area (Å²) >= 11 is 1.99. The minimum atomic E-state index is -0.890. The summed E-state index contributed by atoms with van der Waals surface area (Å²) in [5.41, 5.74) is 1.87. The van der Waals surface area contributed by atoms with Crippen LogP contribution in [0, 0.1) is 17.5 Å². The molecular weight excluding hydrogens is 458 g/mol. The Bertz CT molecular complexity index is 1030. The second-order valence-corrected chi connectivity index (χ2v) is 7.00. The molecule has 132 valence electrons. The van der Waals surface area contributed by atoms with Crippen molar-refractivity contribution in [1.82, 2.24) is 12.9 Å². The van der Waals surface area contributed by atoms with Crippen molar-refractivity contribution in [2.45, 2.75) is 13.1 Å². The molecule has 1 aliphatic heterocycles. The van der Waals surface area contributed by atoms with Gasteiger partial charge in [0.05, 0.1) is 34.6 Å². The first-order valence-electron chi connectivity index (χ1n) is 7.69. The number of carbonyl (C=O) groups is 1. The molecule has 1 amide bonds. The van der Waals surface area contributed by atoms with Crippen LogP contribution in [0.1, 0.15) is 21.5 Å². The van der Waals surface area contributed by atoms with Crippen molar-refractivity contribution in [2.24, 2.45) is 0 Å². The van der Waals surface area contributed by atoms with E-state index in [0.29, 0.717) is 17.2 Å². The largest absolute Gasteiger partial charge is 0.330 e. The van der Waals surface area contributed by atoms with Gasteiger partial charge in [-0.1, -0.05) is 12.1 Å². The molecule has 0 aliphatic carbocycles. The third-order valence-corrected chi connectivity index (χ3v) is 4.83. The lowest BCUT2D eigenvalue weighted by Gasteiger charge is -2.16. The van der Waals surface area contributed by atoms with Crippen molar-refractivity contribution in [3.8, 4) is 11.1 Å². The Labute approximate surface area is 160 Å². The van der Waals surface area contributed by atoms with Gasteiger partial charge in [-0.25, -0.2) is 16.1 Å². The molecule has 0 atom stereocenters. The first-order valence-corrected chi connectivity index (χ1v) is 8.65. The van der Waals surface area contributed by atoms with Gasteiger partial charge in [-0.3, -0.25) is 4.79 Å². The first kappa shape index (κ1) is 17.1. The molecule has 1 aliphatic rings. The van der Waals surface area contributed by atoms with Crippen LogP contribution in [0.15, 0.2) is 42.7 Å². The topological polar surface area (TPSA) is 38.1 Å².